The maximum Gasteiger partial charge on any atom is 0.252 e. The highest BCUT2D eigenvalue weighted by molar-refractivity contribution is 6.68. The zero-order valence-corrected chi connectivity index (χ0v) is 10.6. The molecule has 0 aliphatic carbocycles. The minimum atomic E-state index is -0.552. The number of carbonyl (C=O) groups excluding carboxylic acids is 2. The minimum absolute atomic E-state index is 0.346. The molecule has 0 N–H and O–H groups in total. The molecule has 17 heavy (non-hydrogen) atoms. The van der Waals surface area contributed by atoms with Crippen LogP contribution in [0.3, 0.4) is 0 Å². The van der Waals surface area contributed by atoms with Crippen LogP contribution in [0, 0.1) is 0 Å². The second kappa shape index (κ2) is 7.43. The number of rotatable bonds is 2. The quantitative estimate of drug-likeness (QED) is 0.778. The maximum absolute atomic E-state index is 10.6. The molecule has 1 fully saturated rings. The Balaban J connectivity index is 0.000000239. The third-order valence-electron chi connectivity index (χ3n) is 2.17. The Morgan fingerprint density at radius 2 is 1.24 bits per heavy atom. The van der Waals surface area contributed by atoms with Crippen LogP contribution in [0.5, 0.6) is 0 Å². The Kier molecular flexibility index (Phi) is 6.19. The summed E-state index contributed by atoms with van der Waals surface area (Å²) in [7, 11) is 0. The van der Waals surface area contributed by atoms with Crippen LogP contribution in [-0.2, 0) is 4.74 Å². The van der Waals surface area contributed by atoms with Gasteiger partial charge in [-0.05, 0) is 60.3 Å². The van der Waals surface area contributed by atoms with Gasteiger partial charge in [-0.1, -0.05) is 0 Å². The number of carbonyl (C=O) groups is 2. The van der Waals surface area contributed by atoms with Crippen molar-refractivity contribution in [2.24, 2.45) is 0 Å². The number of hydrogen-bond acceptors (Lipinski definition) is 3. The van der Waals surface area contributed by atoms with Gasteiger partial charge in [-0.25, -0.2) is 0 Å². The highest BCUT2D eigenvalue weighted by Crippen LogP contribution is 2.08. The molecule has 1 heterocycles. The largest absolute Gasteiger partial charge is 0.381 e. The molecule has 3 nitrogen and oxygen atoms in total. The molecule has 1 aromatic carbocycles. The Hall–Kier alpha value is -0.900. The van der Waals surface area contributed by atoms with Crippen molar-refractivity contribution in [3.63, 3.8) is 0 Å². The van der Waals surface area contributed by atoms with Crippen LogP contribution >= 0.6 is 23.2 Å². The summed E-state index contributed by atoms with van der Waals surface area (Å²) in [4.78, 5) is 21.1. The van der Waals surface area contributed by atoms with E-state index in [1.807, 2.05) is 0 Å². The molecule has 92 valence electrons. The second-order valence-corrected chi connectivity index (χ2v) is 4.13. The summed E-state index contributed by atoms with van der Waals surface area (Å²) in [5.74, 6) is 0. The predicted molar refractivity (Wildman–Crippen MR) is 66.9 cm³/mol. The van der Waals surface area contributed by atoms with Crippen LogP contribution in [-0.4, -0.2) is 23.7 Å². The Morgan fingerprint density at radius 3 is 1.41 bits per heavy atom. The van der Waals surface area contributed by atoms with Crippen molar-refractivity contribution in [1.82, 2.24) is 0 Å². The fourth-order valence-corrected chi connectivity index (χ4v) is 1.49. The van der Waals surface area contributed by atoms with Crippen LogP contribution < -0.4 is 0 Å². The summed E-state index contributed by atoms with van der Waals surface area (Å²) in [6, 6.07) is 5.80. The molecule has 0 atom stereocenters. The molecule has 0 unspecified atom stereocenters. The van der Waals surface area contributed by atoms with Gasteiger partial charge < -0.3 is 4.74 Å². The lowest BCUT2D eigenvalue weighted by atomic mass is 10.2. The fourth-order valence-electron chi connectivity index (χ4n) is 1.24. The van der Waals surface area contributed by atoms with Crippen LogP contribution in [0.15, 0.2) is 24.3 Å². The Labute approximate surface area is 110 Å². The summed E-state index contributed by atoms with van der Waals surface area (Å²) >= 11 is 10.4. The summed E-state index contributed by atoms with van der Waals surface area (Å²) in [5, 5.41) is -1.10. The molecular formula is C12H12Cl2O3. The smallest absolute Gasteiger partial charge is 0.252 e. The van der Waals surface area contributed by atoms with Crippen molar-refractivity contribution in [3.8, 4) is 0 Å². The van der Waals surface area contributed by atoms with E-state index in [9.17, 15) is 9.59 Å². The van der Waals surface area contributed by atoms with E-state index >= 15 is 0 Å². The van der Waals surface area contributed by atoms with Gasteiger partial charge in [-0.2, -0.15) is 0 Å². The van der Waals surface area contributed by atoms with Crippen molar-refractivity contribution >= 4 is 33.7 Å². The molecule has 5 heteroatoms. The SMILES string of the molecule is C1CCOC1.O=C(Cl)c1ccc(C(=O)Cl)cc1. The molecule has 1 aromatic rings. The van der Waals surface area contributed by atoms with E-state index in [4.69, 9.17) is 27.9 Å². The molecule has 1 aliphatic rings. The van der Waals surface area contributed by atoms with Crippen LogP contribution in [0.1, 0.15) is 33.6 Å². The molecular weight excluding hydrogens is 263 g/mol. The third kappa shape index (κ3) is 5.31. The first-order chi connectivity index (χ1) is 8.11. The molecule has 1 saturated heterocycles. The van der Waals surface area contributed by atoms with E-state index in [0.29, 0.717) is 11.1 Å². The van der Waals surface area contributed by atoms with Gasteiger partial charge in [0.05, 0.1) is 0 Å². The molecule has 0 spiro atoms. The third-order valence-corrected chi connectivity index (χ3v) is 2.60. The number of hydrogen-bond donors (Lipinski definition) is 0. The monoisotopic (exact) mass is 274 g/mol. The highest BCUT2D eigenvalue weighted by atomic mass is 35.5. The topological polar surface area (TPSA) is 43.4 Å². The lowest BCUT2D eigenvalue weighted by Crippen LogP contribution is -1.92. The maximum atomic E-state index is 10.6. The first-order valence-corrected chi connectivity index (χ1v) is 5.94. The first-order valence-electron chi connectivity index (χ1n) is 5.18. The van der Waals surface area contributed by atoms with Gasteiger partial charge in [0.15, 0.2) is 0 Å². The number of benzene rings is 1. The zero-order valence-electron chi connectivity index (χ0n) is 9.12. The standard InChI is InChI=1S/C8H4Cl2O2.C4H8O/c9-7(11)5-1-2-6(4-3-5)8(10)12;1-2-4-5-3-1/h1-4H;1-4H2. The van der Waals surface area contributed by atoms with Gasteiger partial charge in [-0.15, -0.1) is 0 Å². The predicted octanol–water partition coefficient (Wildman–Crippen LogP) is 3.24. The van der Waals surface area contributed by atoms with Crippen molar-refractivity contribution in [2.75, 3.05) is 13.2 Å². The van der Waals surface area contributed by atoms with E-state index in [1.54, 1.807) is 0 Å². The van der Waals surface area contributed by atoms with Crippen LogP contribution in [0.4, 0.5) is 0 Å². The minimum Gasteiger partial charge on any atom is -0.381 e. The van der Waals surface area contributed by atoms with E-state index in [2.05, 4.69) is 0 Å². The average Bonchev–Trinajstić information content (AvgIpc) is 2.87. The van der Waals surface area contributed by atoms with E-state index in [0.717, 1.165) is 13.2 Å². The molecule has 0 radical (unpaired) electrons. The van der Waals surface area contributed by atoms with Crippen molar-refractivity contribution in [2.45, 2.75) is 12.8 Å². The molecule has 0 aromatic heterocycles. The van der Waals surface area contributed by atoms with E-state index in [-0.39, 0.29) is 0 Å². The van der Waals surface area contributed by atoms with Crippen molar-refractivity contribution in [3.05, 3.63) is 35.4 Å². The molecule has 0 amide bonds. The zero-order chi connectivity index (χ0) is 12.7. The summed E-state index contributed by atoms with van der Waals surface area (Å²) in [5.41, 5.74) is 0.691. The lowest BCUT2D eigenvalue weighted by molar-refractivity contribution is 0.107. The summed E-state index contributed by atoms with van der Waals surface area (Å²) in [6.07, 6.45) is 2.56. The van der Waals surface area contributed by atoms with Crippen molar-refractivity contribution < 1.29 is 14.3 Å². The van der Waals surface area contributed by atoms with E-state index < -0.39 is 10.5 Å². The van der Waals surface area contributed by atoms with Gasteiger partial charge in [0.25, 0.3) is 10.5 Å². The second-order valence-electron chi connectivity index (χ2n) is 3.44. The van der Waals surface area contributed by atoms with Crippen LogP contribution in [0.2, 0.25) is 0 Å². The molecule has 0 saturated carbocycles. The fraction of sp³-hybridized carbons (Fsp3) is 0.333. The van der Waals surface area contributed by atoms with Crippen molar-refractivity contribution in [1.29, 1.82) is 0 Å². The van der Waals surface area contributed by atoms with Gasteiger partial charge in [-0.3, -0.25) is 9.59 Å². The van der Waals surface area contributed by atoms with Gasteiger partial charge in [0.1, 0.15) is 0 Å². The highest BCUT2D eigenvalue weighted by Gasteiger charge is 2.03. The first kappa shape index (κ1) is 14.2. The molecule has 2 rings (SSSR count). The molecule has 1 aliphatic heterocycles. The Morgan fingerprint density at radius 1 is 0.882 bits per heavy atom. The van der Waals surface area contributed by atoms with Gasteiger partial charge >= 0.3 is 0 Å². The summed E-state index contributed by atoms with van der Waals surface area (Å²) < 4.78 is 4.94. The number of ether oxygens (including phenoxy) is 1. The average molecular weight is 275 g/mol. The normalized spacial score (nSPS) is 13.8. The lowest BCUT2D eigenvalue weighted by Gasteiger charge is -1.94. The Bertz CT molecular complexity index is 343. The van der Waals surface area contributed by atoms with E-state index in [1.165, 1.54) is 37.1 Å². The van der Waals surface area contributed by atoms with Gasteiger partial charge in [0, 0.05) is 24.3 Å². The van der Waals surface area contributed by atoms with Gasteiger partial charge in [0.2, 0.25) is 0 Å². The summed E-state index contributed by atoms with van der Waals surface area (Å²) in [6.45, 7) is 2.00. The number of halogens is 2. The molecule has 0 bridgehead atoms. The van der Waals surface area contributed by atoms with Crippen LogP contribution in [0.25, 0.3) is 0 Å².